The number of ether oxygens (including phenoxy) is 1. The van der Waals surface area contributed by atoms with Crippen LogP contribution >= 0.6 is 35.3 Å². The lowest BCUT2D eigenvalue weighted by Gasteiger charge is -2.16. The minimum Gasteiger partial charge on any atom is -0.497 e. The van der Waals surface area contributed by atoms with E-state index in [2.05, 4.69) is 56.7 Å². The minimum absolute atomic E-state index is 0. The fourth-order valence-electron chi connectivity index (χ4n) is 2.95. The third-order valence-electron chi connectivity index (χ3n) is 5.11. The van der Waals surface area contributed by atoms with Gasteiger partial charge in [0, 0.05) is 20.1 Å². The van der Waals surface area contributed by atoms with Gasteiger partial charge in [-0.15, -0.1) is 34.2 Å². The number of methoxy groups -OCH3 is 1. The molecule has 7 nitrogen and oxygen atoms in total. The summed E-state index contributed by atoms with van der Waals surface area (Å²) < 4.78 is 7.19. The number of guanidine groups is 1. The van der Waals surface area contributed by atoms with Gasteiger partial charge in [0.1, 0.15) is 18.1 Å². The average molecular weight is 555 g/mol. The van der Waals surface area contributed by atoms with Gasteiger partial charge in [0.25, 0.3) is 0 Å². The third-order valence-corrected chi connectivity index (χ3v) is 5.82. The highest BCUT2D eigenvalue weighted by molar-refractivity contribution is 14.0. The van der Waals surface area contributed by atoms with Crippen LogP contribution in [0.25, 0.3) is 0 Å². The maximum atomic E-state index is 5.23. The van der Waals surface area contributed by atoms with E-state index in [0.717, 1.165) is 42.9 Å². The number of halogens is 1. The highest BCUT2D eigenvalue weighted by atomic mass is 127. The van der Waals surface area contributed by atoms with Crippen molar-refractivity contribution in [3.8, 4) is 5.75 Å². The molecule has 0 aliphatic heterocycles. The summed E-state index contributed by atoms with van der Waals surface area (Å²) in [5.74, 6) is 3.79. The van der Waals surface area contributed by atoms with Crippen molar-refractivity contribution in [1.82, 2.24) is 25.4 Å². The summed E-state index contributed by atoms with van der Waals surface area (Å²) >= 11 is 1.73. The average Bonchev–Trinajstić information content (AvgIpc) is 3.41. The molecular formula is C22H31IN6OS. The zero-order valence-corrected chi connectivity index (χ0v) is 21.6. The summed E-state index contributed by atoms with van der Waals surface area (Å²) in [7, 11) is 3.64. The summed E-state index contributed by atoms with van der Waals surface area (Å²) in [5, 5.41) is 19.6. The van der Waals surface area contributed by atoms with E-state index < -0.39 is 0 Å². The lowest BCUT2D eigenvalue weighted by molar-refractivity contribution is 0.414. The molecule has 0 saturated carbocycles. The molecule has 0 aliphatic carbocycles. The Balaban J connectivity index is 0.00000341. The first-order chi connectivity index (χ1) is 14.6. The monoisotopic (exact) mass is 554 g/mol. The van der Waals surface area contributed by atoms with Gasteiger partial charge in [-0.1, -0.05) is 19.1 Å². The van der Waals surface area contributed by atoms with Crippen LogP contribution in [-0.4, -0.2) is 40.9 Å². The zero-order valence-electron chi connectivity index (χ0n) is 18.5. The summed E-state index contributed by atoms with van der Waals surface area (Å²) in [5.41, 5.74) is 2.59. The molecule has 2 aromatic heterocycles. The Bertz CT molecular complexity index is 940. The van der Waals surface area contributed by atoms with Crippen LogP contribution in [0.5, 0.6) is 5.75 Å². The highest BCUT2D eigenvalue weighted by Crippen LogP contribution is 2.17. The lowest BCUT2D eigenvalue weighted by atomic mass is 10.1. The molecule has 0 radical (unpaired) electrons. The second-order valence-electron chi connectivity index (χ2n) is 7.25. The Hall–Kier alpha value is -2.14. The predicted molar refractivity (Wildman–Crippen MR) is 138 cm³/mol. The molecule has 0 saturated heterocycles. The van der Waals surface area contributed by atoms with E-state index >= 15 is 0 Å². The standard InChI is InChI=1S/C22H30N6OS.HI/c1-16(19-10-12-30-15-19)13-24-22(25-14-21-27-26-17(2)28(21)3)23-11-9-18-5-7-20(29-4)8-6-18;/h5-8,10,12,15-16H,9,11,13-14H2,1-4H3,(H2,23,24,25);1H. The van der Waals surface area contributed by atoms with Crippen molar-refractivity contribution < 1.29 is 4.74 Å². The van der Waals surface area contributed by atoms with Gasteiger partial charge < -0.3 is 19.9 Å². The lowest BCUT2D eigenvalue weighted by Crippen LogP contribution is -2.40. The van der Waals surface area contributed by atoms with E-state index in [-0.39, 0.29) is 24.0 Å². The number of nitrogens with one attached hydrogen (secondary N) is 2. The number of nitrogens with zero attached hydrogens (tertiary/aromatic N) is 4. The third kappa shape index (κ3) is 7.49. The molecule has 31 heavy (non-hydrogen) atoms. The maximum absolute atomic E-state index is 5.23. The molecular weight excluding hydrogens is 523 g/mol. The smallest absolute Gasteiger partial charge is 0.191 e. The second-order valence-corrected chi connectivity index (χ2v) is 8.03. The van der Waals surface area contributed by atoms with Gasteiger partial charge in [-0.3, -0.25) is 0 Å². The number of rotatable bonds is 9. The number of hydrogen-bond acceptors (Lipinski definition) is 5. The molecule has 0 spiro atoms. The van der Waals surface area contributed by atoms with Crippen molar-refractivity contribution in [3.63, 3.8) is 0 Å². The van der Waals surface area contributed by atoms with Crippen molar-refractivity contribution in [1.29, 1.82) is 0 Å². The SMILES string of the molecule is COc1ccc(CCNC(=NCc2nnc(C)n2C)NCC(C)c2ccsc2)cc1.I. The van der Waals surface area contributed by atoms with Gasteiger partial charge in [-0.25, -0.2) is 4.99 Å². The van der Waals surface area contributed by atoms with Crippen LogP contribution in [0, 0.1) is 6.92 Å². The summed E-state index contributed by atoms with van der Waals surface area (Å²) in [6, 6.07) is 10.3. The normalized spacial score (nSPS) is 12.2. The summed E-state index contributed by atoms with van der Waals surface area (Å²) in [4.78, 5) is 4.73. The first-order valence-corrected chi connectivity index (χ1v) is 11.0. The number of aromatic nitrogens is 3. The molecule has 168 valence electrons. The van der Waals surface area contributed by atoms with Gasteiger partial charge in [-0.2, -0.15) is 11.3 Å². The van der Waals surface area contributed by atoms with E-state index in [1.165, 1.54) is 11.1 Å². The molecule has 0 aliphatic rings. The first-order valence-electron chi connectivity index (χ1n) is 10.1. The van der Waals surface area contributed by atoms with Crippen LogP contribution < -0.4 is 15.4 Å². The quantitative estimate of drug-likeness (QED) is 0.239. The Morgan fingerprint density at radius 1 is 1.19 bits per heavy atom. The summed E-state index contributed by atoms with van der Waals surface area (Å²) in [6.45, 7) is 6.22. The van der Waals surface area contributed by atoms with Gasteiger partial charge in [0.05, 0.1) is 7.11 Å². The van der Waals surface area contributed by atoms with Crippen LogP contribution in [0.3, 0.4) is 0 Å². The molecule has 1 atom stereocenters. The summed E-state index contributed by atoms with van der Waals surface area (Å²) in [6.07, 6.45) is 0.897. The van der Waals surface area contributed by atoms with Crippen molar-refractivity contribution in [2.75, 3.05) is 20.2 Å². The minimum atomic E-state index is 0. The molecule has 3 rings (SSSR count). The molecule has 0 bridgehead atoms. The molecule has 1 aromatic carbocycles. The van der Waals surface area contributed by atoms with Crippen LogP contribution in [0.4, 0.5) is 0 Å². The molecule has 3 aromatic rings. The van der Waals surface area contributed by atoms with Crippen LogP contribution in [0.2, 0.25) is 0 Å². The van der Waals surface area contributed by atoms with Crippen molar-refractivity contribution in [2.45, 2.75) is 32.7 Å². The van der Waals surface area contributed by atoms with Gasteiger partial charge in [0.2, 0.25) is 0 Å². The van der Waals surface area contributed by atoms with E-state index in [1.807, 2.05) is 30.7 Å². The number of aryl methyl sites for hydroxylation is 1. The Kier molecular flexibility index (Phi) is 10.3. The second kappa shape index (κ2) is 12.7. The van der Waals surface area contributed by atoms with Gasteiger partial charge in [-0.05, 0) is 59.3 Å². The number of benzene rings is 1. The topological polar surface area (TPSA) is 76.4 Å². The Morgan fingerprint density at radius 3 is 2.58 bits per heavy atom. The number of thiophene rings is 1. The number of hydrogen-bond donors (Lipinski definition) is 2. The molecule has 0 fully saturated rings. The van der Waals surface area contributed by atoms with E-state index in [4.69, 9.17) is 9.73 Å². The van der Waals surface area contributed by atoms with E-state index in [9.17, 15) is 0 Å². The maximum Gasteiger partial charge on any atom is 0.191 e. The van der Waals surface area contributed by atoms with Gasteiger partial charge >= 0.3 is 0 Å². The first kappa shape index (κ1) is 25.1. The van der Waals surface area contributed by atoms with Crippen LogP contribution in [0.15, 0.2) is 46.1 Å². The Labute approximate surface area is 205 Å². The van der Waals surface area contributed by atoms with Crippen LogP contribution in [-0.2, 0) is 20.0 Å². The predicted octanol–water partition coefficient (Wildman–Crippen LogP) is 3.89. The molecule has 2 heterocycles. The largest absolute Gasteiger partial charge is 0.497 e. The van der Waals surface area contributed by atoms with E-state index in [0.29, 0.717) is 12.5 Å². The van der Waals surface area contributed by atoms with Crippen molar-refractivity contribution in [3.05, 3.63) is 63.9 Å². The highest BCUT2D eigenvalue weighted by Gasteiger charge is 2.09. The Morgan fingerprint density at radius 2 is 1.97 bits per heavy atom. The fourth-order valence-corrected chi connectivity index (χ4v) is 3.74. The molecule has 2 N–H and O–H groups in total. The molecule has 9 heteroatoms. The molecule has 0 amide bonds. The number of aliphatic imine (C=N–C) groups is 1. The van der Waals surface area contributed by atoms with Crippen molar-refractivity contribution >= 4 is 41.3 Å². The molecule has 1 unspecified atom stereocenters. The zero-order chi connectivity index (χ0) is 21.3. The van der Waals surface area contributed by atoms with Crippen LogP contribution in [0.1, 0.15) is 35.6 Å². The van der Waals surface area contributed by atoms with Crippen molar-refractivity contribution in [2.24, 2.45) is 12.0 Å². The van der Waals surface area contributed by atoms with Gasteiger partial charge in [0.15, 0.2) is 11.8 Å². The van der Waals surface area contributed by atoms with E-state index in [1.54, 1.807) is 18.4 Å². The fraction of sp³-hybridized carbons (Fsp3) is 0.409.